The maximum atomic E-state index is 14.5. The van der Waals surface area contributed by atoms with Gasteiger partial charge in [-0.3, -0.25) is 23.2 Å². The fourth-order valence-electron chi connectivity index (χ4n) is 17.5. The number of carbonyl (C=O) groups is 2. The molecule has 0 aromatic heterocycles. The molecule has 6 aliphatic heterocycles. The number of allylic oxidation sites excluding steroid dienone is 3. The third kappa shape index (κ3) is 14.8. The first-order chi connectivity index (χ1) is 45.0. The quantitative estimate of drug-likeness (QED) is 0.0292. The molecule has 35 nitrogen and oxygen atoms in total. The molecule has 6 heterocycles. The van der Waals surface area contributed by atoms with E-state index in [9.17, 15) is 94.5 Å². The van der Waals surface area contributed by atoms with Crippen molar-refractivity contribution in [2.45, 2.75) is 259 Å². The van der Waals surface area contributed by atoms with Crippen molar-refractivity contribution in [1.82, 2.24) is 0 Å². The van der Waals surface area contributed by atoms with Crippen molar-refractivity contribution in [2.24, 2.45) is 39.4 Å². The Balaban J connectivity index is 0.921. The van der Waals surface area contributed by atoms with Crippen LogP contribution >= 0.6 is 0 Å². The van der Waals surface area contributed by atoms with E-state index < -0.39 is 238 Å². The fourth-order valence-corrected chi connectivity index (χ4v) is 18.6. The van der Waals surface area contributed by atoms with Gasteiger partial charge in [0.15, 0.2) is 31.5 Å². The summed E-state index contributed by atoms with van der Waals surface area (Å²) in [5.74, 6) is -1.19. The Morgan fingerprint density at radius 1 is 0.629 bits per heavy atom. The number of esters is 1. The first-order valence-electron chi connectivity index (χ1n) is 32.1. The highest BCUT2D eigenvalue weighted by atomic mass is 32.3. The molecule has 3 saturated carbocycles. The van der Waals surface area contributed by atoms with Crippen molar-refractivity contribution >= 4 is 42.9 Å². The van der Waals surface area contributed by atoms with E-state index >= 15 is 0 Å². The predicted molar refractivity (Wildman–Crippen MR) is 319 cm³/mol. The van der Waals surface area contributed by atoms with E-state index in [0.717, 1.165) is 24.7 Å². The number of ketones is 1. The van der Waals surface area contributed by atoms with Crippen molar-refractivity contribution in [3.63, 3.8) is 0 Å². The maximum absolute atomic E-state index is 14.5. The van der Waals surface area contributed by atoms with Gasteiger partial charge in [-0.2, -0.15) is 25.3 Å². The summed E-state index contributed by atoms with van der Waals surface area (Å²) in [6.45, 7) is 13.5. The summed E-state index contributed by atoms with van der Waals surface area (Å²) >= 11 is 0. The molecule has 31 atom stereocenters. The molecule has 9 fully saturated rings. The highest BCUT2D eigenvalue weighted by molar-refractivity contribution is 7.81. The lowest BCUT2D eigenvalue weighted by molar-refractivity contribution is -0.403. The Bertz CT molecular complexity index is 3250. The zero-order valence-electron chi connectivity index (χ0n) is 54.5. The number of carbonyl (C=O) groups excluding carboxylic acids is 2. The van der Waals surface area contributed by atoms with Crippen LogP contribution in [-0.4, -0.2) is 283 Å². The predicted octanol–water partition coefficient (Wildman–Crippen LogP) is -2.26. The molecule has 10 aliphatic rings. The molecular formula is C59H92O35S3. The molecule has 0 amide bonds. The van der Waals surface area contributed by atoms with E-state index in [-0.39, 0.29) is 30.0 Å². The minimum absolute atomic E-state index is 0.00563. The van der Waals surface area contributed by atoms with Crippen LogP contribution in [0.4, 0.5) is 0 Å². The van der Waals surface area contributed by atoms with Gasteiger partial charge < -0.3 is 103 Å². The lowest BCUT2D eigenvalue weighted by Crippen LogP contribution is -2.68. The minimum Gasteiger partial charge on any atom is -0.458 e. The Hall–Kier alpha value is -2.57. The van der Waals surface area contributed by atoms with Gasteiger partial charge in [0.25, 0.3) is 0 Å². The summed E-state index contributed by atoms with van der Waals surface area (Å²) in [6.07, 6.45) is -40.0. The number of rotatable bonds is 23. The molecule has 0 radical (unpaired) electrons. The van der Waals surface area contributed by atoms with E-state index in [1.165, 1.54) is 6.92 Å². The molecular weight excluding hydrogens is 1360 g/mol. The van der Waals surface area contributed by atoms with Crippen LogP contribution in [0.15, 0.2) is 23.8 Å². The van der Waals surface area contributed by atoms with Gasteiger partial charge in [0.05, 0.1) is 50.0 Å². The van der Waals surface area contributed by atoms with E-state index in [2.05, 4.69) is 27.9 Å². The van der Waals surface area contributed by atoms with Crippen molar-refractivity contribution in [3.05, 3.63) is 23.8 Å². The van der Waals surface area contributed by atoms with Crippen molar-refractivity contribution in [2.75, 3.05) is 33.5 Å². The monoisotopic (exact) mass is 1460 g/mol. The van der Waals surface area contributed by atoms with Gasteiger partial charge in [0.1, 0.15) is 115 Å². The van der Waals surface area contributed by atoms with E-state index in [0.29, 0.717) is 44.9 Å². The third-order valence-corrected chi connectivity index (χ3v) is 23.6. The van der Waals surface area contributed by atoms with Crippen LogP contribution in [0.25, 0.3) is 0 Å². The third-order valence-electron chi connectivity index (χ3n) is 22.2. The average Bonchev–Trinajstić information content (AvgIpc) is 1.52. The number of Topliss-reactive ketones (excluding diaryl/α,β-unsaturated/α-hetero) is 1. The van der Waals surface area contributed by atoms with Gasteiger partial charge in [-0.1, -0.05) is 44.9 Å². The van der Waals surface area contributed by atoms with Crippen LogP contribution in [-0.2, 0) is 110 Å². The Labute approximate surface area is 560 Å². The highest BCUT2D eigenvalue weighted by Gasteiger charge is 2.79. The van der Waals surface area contributed by atoms with Crippen LogP contribution < -0.4 is 0 Å². The van der Waals surface area contributed by atoms with Crippen molar-refractivity contribution in [3.8, 4) is 0 Å². The maximum Gasteiger partial charge on any atom is 0.397 e. The molecule has 97 heavy (non-hydrogen) atoms. The van der Waals surface area contributed by atoms with Gasteiger partial charge in [0, 0.05) is 18.9 Å². The molecule has 4 aliphatic carbocycles. The molecule has 6 saturated heterocycles. The molecule has 0 aromatic carbocycles. The SMILES string of the molecule is C=C(C)CCC[C@]1(C)OC(=O)C23CCC4C(=CCC5C(C)(C)C(OC6OCC(OS(=O)(=O)O)C(O)C6OC6OC(C)C(OC7OC(COS(=O)(=O)O)C(O)C(OC8OC(COS(=O)(=O)O)C(O)C(OC)C8O)C7O)C(O)C6OC6OCC(O)C(O)C6O)CC[C@]45C)[C@]2(C)CC(=O)C31. The van der Waals surface area contributed by atoms with Gasteiger partial charge in [-0.15, -0.1) is 6.58 Å². The van der Waals surface area contributed by atoms with Gasteiger partial charge in [-0.25, -0.2) is 12.5 Å². The molecule has 1 spiro atoms. The van der Waals surface area contributed by atoms with Crippen LogP contribution in [0.5, 0.6) is 0 Å². The summed E-state index contributed by atoms with van der Waals surface area (Å²) in [5, 5.41) is 103. The fraction of sp³-hybridized carbons (Fsp3) is 0.898. The summed E-state index contributed by atoms with van der Waals surface area (Å²) in [6, 6.07) is 0. The van der Waals surface area contributed by atoms with Crippen molar-refractivity contribution in [1.29, 1.82) is 0 Å². The second kappa shape index (κ2) is 28.5. The largest absolute Gasteiger partial charge is 0.458 e. The average molecular weight is 1460 g/mol. The lowest BCUT2D eigenvalue weighted by Gasteiger charge is -2.63. The number of hydrogen-bond donors (Lipinski definition) is 12. The van der Waals surface area contributed by atoms with Crippen molar-refractivity contribution < 1.29 is 164 Å². The minimum atomic E-state index is -5.34. The van der Waals surface area contributed by atoms with Crippen LogP contribution in [0, 0.1) is 39.4 Å². The number of ether oxygens (including phenoxy) is 12. The summed E-state index contributed by atoms with van der Waals surface area (Å²) in [4.78, 5) is 29.0. The molecule has 0 aromatic rings. The Morgan fingerprint density at radius 2 is 1.20 bits per heavy atom. The molecule has 556 valence electrons. The molecule has 0 bridgehead atoms. The topological polar surface area (TPSA) is 518 Å². The molecule has 38 heteroatoms. The van der Waals surface area contributed by atoms with Crippen LogP contribution in [0.1, 0.15) is 106 Å². The standard InChI is InChI=1S/C59H92O35S3/c1-24(2)11-10-16-58(8)48-28(60)19-57(7)27-12-13-33-55(4,5)34(15-17-56(33,6)26(27)14-18-59(48,57)54(70)93-58)88-52-46(38(65)32(21-82-52)94-97(77,78)79)92-53-47(91-49-39(66)35(62)29(61)20-81-49)40(67)43(25(3)85-53)89-51-42(69)45(37(64)31(87-51)23-84-96(74,75)76)90-50-41(68)44(80-9)36(63)30(86-50)22-83-95(71,72)73/h12,25-26,29-53,61-69H,1,10-11,13-23H2,2-9H3,(H,71,72,73)(H,74,75,76)(H,77,78,79)/t25?,26?,29?,30?,31?,32?,33?,34?,35?,36?,37?,38?,39?,40?,41?,42?,43?,44?,45?,46?,47?,48?,49?,50?,51?,52?,53?,56-,57+,58+,59?/m1/s1. The first kappa shape index (κ1) is 77.1. The van der Waals surface area contributed by atoms with Gasteiger partial charge in [0.2, 0.25) is 0 Å². The number of fused-ring (bicyclic) bond motifs is 4. The van der Waals surface area contributed by atoms with Crippen LogP contribution in [0.2, 0.25) is 0 Å². The number of aliphatic hydroxyl groups excluding tert-OH is 9. The number of methoxy groups -OCH3 is 1. The normalized spacial score (nSPS) is 47.8. The molecule has 10 rings (SSSR count). The number of hydrogen-bond acceptors (Lipinski definition) is 32. The highest BCUT2D eigenvalue weighted by Crippen LogP contribution is 2.75. The second-order valence-corrected chi connectivity index (χ2v) is 31.9. The number of aliphatic hydroxyl groups is 9. The van der Waals surface area contributed by atoms with Crippen LogP contribution in [0.3, 0.4) is 0 Å². The Morgan fingerprint density at radius 3 is 1.79 bits per heavy atom. The smallest absolute Gasteiger partial charge is 0.397 e. The lowest BCUT2D eigenvalue weighted by atomic mass is 9.41. The molecule has 12 N–H and O–H groups in total. The van der Waals surface area contributed by atoms with E-state index in [1.807, 2.05) is 34.6 Å². The van der Waals surface area contributed by atoms with Gasteiger partial charge in [-0.05, 0) is 94.8 Å². The van der Waals surface area contributed by atoms with E-state index in [1.54, 1.807) is 0 Å². The second-order valence-electron chi connectivity index (χ2n) is 28.7. The zero-order valence-corrected chi connectivity index (χ0v) is 57.0. The first-order valence-corrected chi connectivity index (χ1v) is 36.2. The summed E-state index contributed by atoms with van der Waals surface area (Å²) in [7, 11) is -14.8. The zero-order chi connectivity index (χ0) is 71.4. The summed E-state index contributed by atoms with van der Waals surface area (Å²) in [5.41, 5.74) is -2.04. The Kier molecular flexibility index (Phi) is 22.6. The number of cyclic esters (lactones) is 1. The van der Waals surface area contributed by atoms with E-state index in [4.69, 9.17) is 61.0 Å². The summed E-state index contributed by atoms with van der Waals surface area (Å²) < 4.78 is 186. The van der Waals surface area contributed by atoms with Gasteiger partial charge >= 0.3 is 37.2 Å². The molecule has 28 unspecified atom stereocenters.